The molecule has 0 radical (unpaired) electrons. The van der Waals surface area contributed by atoms with E-state index in [1.807, 2.05) is 13.0 Å². The molecule has 1 aromatic rings. The molecule has 118 valence electrons. The summed E-state index contributed by atoms with van der Waals surface area (Å²) in [4.78, 5) is 2.32. The summed E-state index contributed by atoms with van der Waals surface area (Å²) in [5.41, 5.74) is 1.32. The normalized spacial score (nSPS) is 25.7. The Morgan fingerprint density at radius 1 is 1.33 bits per heavy atom. The van der Waals surface area contributed by atoms with E-state index in [1.54, 1.807) is 0 Å². The molecular formula is C16H26N2O2S. The van der Waals surface area contributed by atoms with E-state index in [0.29, 0.717) is 12.1 Å². The van der Waals surface area contributed by atoms with Crippen LogP contribution in [0.15, 0.2) is 30.3 Å². The third kappa shape index (κ3) is 5.09. The first-order valence-corrected chi connectivity index (χ1v) is 9.62. The first-order chi connectivity index (χ1) is 9.85. The van der Waals surface area contributed by atoms with Crippen LogP contribution in [-0.4, -0.2) is 56.5 Å². The number of rotatable bonds is 5. The van der Waals surface area contributed by atoms with Crippen LogP contribution in [0.2, 0.25) is 0 Å². The first kappa shape index (κ1) is 16.5. The van der Waals surface area contributed by atoms with E-state index in [4.69, 9.17) is 0 Å². The van der Waals surface area contributed by atoms with Crippen molar-refractivity contribution in [1.82, 2.24) is 10.2 Å². The zero-order chi connectivity index (χ0) is 15.5. The molecule has 0 aliphatic carbocycles. The van der Waals surface area contributed by atoms with Crippen LogP contribution < -0.4 is 5.32 Å². The lowest BCUT2D eigenvalue weighted by atomic mass is 10.0. The second kappa shape index (κ2) is 6.90. The smallest absolute Gasteiger partial charge is 0.148 e. The Hall–Kier alpha value is -0.910. The molecule has 0 aromatic heterocycles. The van der Waals surface area contributed by atoms with Crippen LogP contribution in [-0.2, 0) is 16.3 Å². The topological polar surface area (TPSA) is 49.4 Å². The molecule has 1 heterocycles. The van der Waals surface area contributed by atoms with Crippen molar-refractivity contribution >= 4 is 9.84 Å². The van der Waals surface area contributed by atoms with Crippen molar-refractivity contribution in [3.05, 3.63) is 35.9 Å². The molecule has 1 aromatic carbocycles. The van der Waals surface area contributed by atoms with Gasteiger partial charge in [-0.15, -0.1) is 0 Å². The van der Waals surface area contributed by atoms with Crippen LogP contribution in [0, 0.1) is 0 Å². The number of hydrogen-bond acceptors (Lipinski definition) is 4. The molecule has 5 heteroatoms. The SMILES string of the molecule is CC1CNC(Cc2ccccc2)CN1C(C)CS(C)(=O)=O. The van der Waals surface area contributed by atoms with Gasteiger partial charge < -0.3 is 5.32 Å². The molecule has 1 aliphatic rings. The molecule has 0 bridgehead atoms. The summed E-state index contributed by atoms with van der Waals surface area (Å²) in [5, 5.41) is 3.57. The lowest BCUT2D eigenvalue weighted by Gasteiger charge is -2.42. The van der Waals surface area contributed by atoms with Gasteiger partial charge in [0.2, 0.25) is 0 Å². The van der Waals surface area contributed by atoms with Crippen molar-refractivity contribution in [2.75, 3.05) is 25.1 Å². The molecule has 3 atom stereocenters. The van der Waals surface area contributed by atoms with E-state index in [1.165, 1.54) is 11.8 Å². The zero-order valence-electron chi connectivity index (χ0n) is 13.1. The fourth-order valence-corrected chi connectivity index (χ4v) is 4.20. The van der Waals surface area contributed by atoms with Gasteiger partial charge in [-0.3, -0.25) is 4.90 Å². The minimum absolute atomic E-state index is 0.0652. The number of nitrogens with zero attached hydrogens (tertiary/aromatic N) is 1. The molecule has 1 saturated heterocycles. The molecule has 0 saturated carbocycles. The van der Waals surface area contributed by atoms with E-state index < -0.39 is 9.84 Å². The van der Waals surface area contributed by atoms with Gasteiger partial charge >= 0.3 is 0 Å². The van der Waals surface area contributed by atoms with Crippen LogP contribution in [0.25, 0.3) is 0 Å². The molecule has 2 rings (SSSR count). The molecule has 1 N–H and O–H groups in total. The van der Waals surface area contributed by atoms with E-state index in [2.05, 4.69) is 41.4 Å². The van der Waals surface area contributed by atoms with Crippen LogP contribution >= 0.6 is 0 Å². The van der Waals surface area contributed by atoms with E-state index in [-0.39, 0.29) is 11.8 Å². The second-order valence-corrected chi connectivity index (χ2v) is 8.47. The molecular weight excluding hydrogens is 284 g/mol. The third-order valence-corrected chi connectivity index (χ3v) is 5.22. The molecule has 1 aliphatic heterocycles. The van der Waals surface area contributed by atoms with E-state index in [0.717, 1.165) is 19.5 Å². The Balaban J connectivity index is 1.99. The first-order valence-electron chi connectivity index (χ1n) is 7.56. The molecule has 3 unspecified atom stereocenters. The summed E-state index contributed by atoms with van der Waals surface area (Å²) >= 11 is 0. The van der Waals surface area contributed by atoms with Crippen molar-refractivity contribution < 1.29 is 8.42 Å². The summed E-state index contributed by atoms with van der Waals surface area (Å²) in [7, 11) is -2.93. The number of sulfone groups is 1. The standard InChI is InChI=1S/C16H26N2O2S/c1-13-10-17-16(9-15-7-5-4-6-8-15)11-18(13)14(2)12-21(3,19)20/h4-8,13-14,16-17H,9-12H2,1-3H3. The Bertz CT molecular complexity index is 545. The number of nitrogens with one attached hydrogen (secondary N) is 1. The van der Waals surface area contributed by atoms with Crippen molar-refractivity contribution in [2.24, 2.45) is 0 Å². The predicted octanol–water partition coefficient (Wildman–Crippen LogP) is 1.32. The second-order valence-electron chi connectivity index (χ2n) is 6.28. The van der Waals surface area contributed by atoms with Crippen molar-refractivity contribution in [3.63, 3.8) is 0 Å². The van der Waals surface area contributed by atoms with Gasteiger partial charge in [-0.05, 0) is 25.8 Å². The highest BCUT2D eigenvalue weighted by Gasteiger charge is 2.29. The van der Waals surface area contributed by atoms with Gasteiger partial charge in [0.1, 0.15) is 9.84 Å². The summed E-state index contributed by atoms with van der Waals surface area (Å²) in [6.07, 6.45) is 2.30. The van der Waals surface area contributed by atoms with Crippen LogP contribution in [0.3, 0.4) is 0 Å². The monoisotopic (exact) mass is 310 g/mol. The Kier molecular flexibility index (Phi) is 5.41. The summed E-state index contributed by atoms with van der Waals surface area (Å²) in [6, 6.07) is 11.2. The van der Waals surface area contributed by atoms with Gasteiger partial charge in [0, 0.05) is 37.5 Å². The van der Waals surface area contributed by atoms with Crippen LogP contribution in [0.5, 0.6) is 0 Å². The van der Waals surface area contributed by atoms with Gasteiger partial charge in [0.25, 0.3) is 0 Å². The quantitative estimate of drug-likeness (QED) is 0.891. The Morgan fingerprint density at radius 3 is 2.62 bits per heavy atom. The maximum atomic E-state index is 11.5. The summed E-state index contributed by atoms with van der Waals surface area (Å²) in [6.45, 7) is 5.98. The van der Waals surface area contributed by atoms with Crippen molar-refractivity contribution in [2.45, 2.75) is 38.4 Å². The number of piperazine rings is 1. The minimum atomic E-state index is -2.93. The maximum absolute atomic E-state index is 11.5. The molecule has 0 spiro atoms. The summed E-state index contributed by atoms with van der Waals surface area (Å²) < 4.78 is 23.0. The Morgan fingerprint density at radius 2 is 2.00 bits per heavy atom. The van der Waals surface area contributed by atoms with E-state index >= 15 is 0 Å². The molecule has 1 fully saturated rings. The average Bonchev–Trinajstić information content (AvgIpc) is 2.40. The molecule has 4 nitrogen and oxygen atoms in total. The predicted molar refractivity (Wildman–Crippen MR) is 87.3 cm³/mol. The maximum Gasteiger partial charge on any atom is 0.148 e. The van der Waals surface area contributed by atoms with Crippen LogP contribution in [0.4, 0.5) is 0 Å². The minimum Gasteiger partial charge on any atom is -0.311 e. The van der Waals surface area contributed by atoms with Gasteiger partial charge in [0.05, 0.1) is 5.75 Å². The third-order valence-electron chi connectivity index (χ3n) is 4.13. The Labute approximate surface area is 128 Å². The fourth-order valence-electron chi connectivity index (χ4n) is 3.14. The highest BCUT2D eigenvalue weighted by molar-refractivity contribution is 7.90. The van der Waals surface area contributed by atoms with Gasteiger partial charge in [-0.1, -0.05) is 30.3 Å². The average molecular weight is 310 g/mol. The van der Waals surface area contributed by atoms with Crippen molar-refractivity contribution in [3.8, 4) is 0 Å². The lowest BCUT2D eigenvalue weighted by Crippen LogP contribution is -2.59. The highest BCUT2D eigenvalue weighted by Crippen LogP contribution is 2.15. The summed E-state index contributed by atoms with van der Waals surface area (Å²) in [5.74, 6) is 0.232. The van der Waals surface area contributed by atoms with Gasteiger partial charge in [-0.2, -0.15) is 0 Å². The van der Waals surface area contributed by atoms with Crippen LogP contribution in [0.1, 0.15) is 19.4 Å². The van der Waals surface area contributed by atoms with Crippen molar-refractivity contribution in [1.29, 1.82) is 0 Å². The largest absolute Gasteiger partial charge is 0.311 e. The van der Waals surface area contributed by atoms with E-state index in [9.17, 15) is 8.42 Å². The molecule has 21 heavy (non-hydrogen) atoms. The fraction of sp³-hybridized carbons (Fsp3) is 0.625. The van der Waals surface area contributed by atoms with Gasteiger partial charge in [0.15, 0.2) is 0 Å². The molecule has 0 amide bonds. The van der Waals surface area contributed by atoms with Gasteiger partial charge in [-0.25, -0.2) is 8.42 Å². The number of benzene rings is 1. The lowest BCUT2D eigenvalue weighted by molar-refractivity contribution is 0.108. The number of hydrogen-bond donors (Lipinski definition) is 1. The highest BCUT2D eigenvalue weighted by atomic mass is 32.2. The zero-order valence-corrected chi connectivity index (χ0v) is 13.9.